The maximum absolute atomic E-state index is 11.6. The first-order valence-electron chi connectivity index (χ1n) is 6.47. The number of hydrogen-bond donors (Lipinski definition) is 2. The van der Waals surface area contributed by atoms with Crippen molar-refractivity contribution in [1.29, 1.82) is 0 Å². The predicted octanol–water partition coefficient (Wildman–Crippen LogP) is 2.51. The van der Waals surface area contributed by atoms with Gasteiger partial charge in [0.2, 0.25) is 0 Å². The Labute approximate surface area is 118 Å². The van der Waals surface area contributed by atoms with Crippen molar-refractivity contribution in [3.63, 3.8) is 0 Å². The Bertz CT molecular complexity index is 597. The molecule has 4 heteroatoms. The van der Waals surface area contributed by atoms with Gasteiger partial charge in [0.25, 0.3) is 0 Å². The summed E-state index contributed by atoms with van der Waals surface area (Å²) in [6, 6.07) is 15.4. The number of nitrogens with two attached hydrogens (primary N) is 1. The molecular formula is C16H18N2O2. The van der Waals surface area contributed by atoms with Crippen molar-refractivity contribution in [2.24, 2.45) is 5.73 Å². The van der Waals surface area contributed by atoms with Gasteiger partial charge in [-0.3, -0.25) is 0 Å². The van der Waals surface area contributed by atoms with E-state index >= 15 is 0 Å². The highest BCUT2D eigenvalue weighted by molar-refractivity contribution is 5.91. The Kier molecular flexibility index (Phi) is 4.74. The molecule has 0 heterocycles. The molecule has 0 aliphatic rings. The zero-order valence-corrected chi connectivity index (χ0v) is 11.4. The van der Waals surface area contributed by atoms with Gasteiger partial charge < -0.3 is 15.8 Å². The van der Waals surface area contributed by atoms with E-state index in [4.69, 9.17) is 10.5 Å². The molecule has 3 N–H and O–H groups in total. The van der Waals surface area contributed by atoms with Crippen LogP contribution in [0.25, 0.3) is 11.1 Å². The average molecular weight is 270 g/mol. The third-order valence-corrected chi connectivity index (χ3v) is 2.95. The summed E-state index contributed by atoms with van der Waals surface area (Å²) in [6.45, 7) is 1.31. The van der Waals surface area contributed by atoms with E-state index in [1.165, 1.54) is 7.11 Å². The summed E-state index contributed by atoms with van der Waals surface area (Å²) >= 11 is 0. The predicted molar refractivity (Wildman–Crippen MR) is 80.8 cm³/mol. The highest BCUT2D eigenvalue weighted by atomic mass is 16.5. The second-order valence-corrected chi connectivity index (χ2v) is 4.37. The highest BCUT2D eigenvalue weighted by Gasteiger charge is 2.07. The Hall–Kier alpha value is -2.33. The third kappa shape index (κ3) is 3.36. The molecule has 104 valence electrons. The molecule has 2 aromatic rings. The van der Waals surface area contributed by atoms with Gasteiger partial charge in [0.05, 0.1) is 12.7 Å². The topological polar surface area (TPSA) is 64.3 Å². The van der Waals surface area contributed by atoms with Crippen LogP contribution in [0.15, 0.2) is 48.5 Å². The second kappa shape index (κ2) is 6.73. The van der Waals surface area contributed by atoms with Crippen LogP contribution >= 0.6 is 0 Å². The quantitative estimate of drug-likeness (QED) is 0.819. The van der Waals surface area contributed by atoms with Crippen LogP contribution in [0.2, 0.25) is 0 Å². The molecule has 20 heavy (non-hydrogen) atoms. The van der Waals surface area contributed by atoms with Gasteiger partial charge in [-0.2, -0.15) is 0 Å². The molecule has 4 nitrogen and oxygen atoms in total. The van der Waals surface area contributed by atoms with E-state index < -0.39 is 0 Å². The molecule has 0 atom stereocenters. The van der Waals surface area contributed by atoms with Crippen LogP contribution in [0.4, 0.5) is 5.69 Å². The number of benzene rings is 2. The lowest BCUT2D eigenvalue weighted by Gasteiger charge is -2.08. The van der Waals surface area contributed by atoms with Gasteiger partial charge in [-0.25, -0.2) is 4.79 Å². The van der Waals surface area contributed by atoms with Crippen molar-refractivity contribution in [3.8, 4) is 11.1 Å². The zero-order chi connectivity index (χ0) is 14.4. The van der Waals surface area contributed by atoms with Crippen LogP contribution in [0.3, 0.4) is 0 Å². The number of rotatable bonds is 5. The summed E-state index contributed by atoms with van der Waals surface area (Å²) in [5.41, 5.74) is 9.05. The van der Waals surface area contributed by atoms with E-state index in [0.717, 1.165) is 23.4 Å². The van der Waals surface area contributed by atoms with Gasteiger partial charge in [-0.15, -0.1) is 0 Å². The number of carbonyl (C=O) groups is 1. The molecule has 0 saturated heterocycles. The van der Waals surface area contributed by atoms with E-state index in [2.05, 4.69) is 5.32 Å². The Morgan fingerprint density at radius 1 is 1.15 bits per heavy atom. The SMILES string of the molecule is COC(=O)c1cccc(-c2cccc(NCCN)c2)c1. The van der Waals surface area contributed by atoms with E-state index in [0.29, 0.717) is 12.1 Å². The molecule has 2 rings (SSSR count). The van der Waals surface area contributed by atoms with Gasteiger partial charge in [0.1, 0.15) is 0 Å². The normalized spacial score (nSPS) is 10.1. The number of hydrogen-bond acceptors (Lipinski definition) is 4. The molecule has 0 aliphatic heterocycles. The molecule has 0 spiro atoms. The molecule has 0 unspecified atom stereocenters. The summed E-state index contributed by atoms with van der Waals surface area (Å²) in [6.07, 6.45) is 0. The van der Waals surface area contributed by atoms with Gasteiger partial charge >= 0.3 is 5.97 Å². The van der Waals surface area contributed by atoms with Gasteiger partial charge in [0.15, 0.2) is 0 Å². The maximum Gasteiger partial charge on any atom is 0.337 e. The summed E-state index contributed by atoms with van der Waals surface area (Å²) in [5.74, 6) is -0.329. The first-order chi connectivity index (χ1) is 9.74. The van der Waals surface area contributed by atoms with Crippen molar-refractivity contribution >= 4 is 11.7 Å². The highest BCUT2D eigenvalue weighted by Crippen LogP contribution is 2.23. The molecule has 0 aromatic heterocycles. The molecule has 0 saturated carbocycles. The second-order valence-electron chi connectivity index (χ2n) is 4.37. The van der Waals surface area contributed by atoms with Gasteiger partial charge in [-0.05, 0) is 35.4 Å². The summed E-state index contributed by atoms with van der Waals surface area (Å²) in [5, 5.41) is 3.24. The minimum absolute atomic E-state index is 0.329. The standard InChI is InChI=1S/C16H18N2O2/c1-20-16(19)14-6-2-4-12(10-14)13-5-3-7-15(11-13)18-9-8-17/h2-7,10-11,18H,8-9,17H2,1H3. The van der Waals surface area contributed by atoms with Gasteiger partial charge in [0, 0.05) is 18.8 Å². The lowest BCUT2D eigenvalue weighted by atomic mass is 10.0. The molecule has 0 bridgehead atoms. The fourth-order valence-electron chi connectivity index (χ4n) is 1.97. The minimum Gasteiger partial charge on any atom is -0.465 e. The number of methoxy groups -OCH3 is 1. The van der Waals surface area contributed by atoms with E-state index in [-0.39, 0.29) is 5.97 Å². The van der Waals surface area contributed by atoms with Crippen molar-refractivity contribution in [2.75, 3.05) is 25.5 Å². The van der Waals surface area contributed by atoms with E-state index in [1.807, 2.05) is 42.5 Å². The number of ether oxygens (including phenoxy) is 1. The van der Waals surface area contributed by atoms with Gasteiger partial charge in [-0.1, -0.05) is 24.3 Å². The Balaban J connectivity index is 2.29. The number of anilines is 1. The zero-order valence-electron chi connectivity index (χ0n) is 11.4. The van der Waals surface area contributed by atoms with Crippen LogP contribution in [-0.2, 0) is 4.74 Å². The first kappa shape index (κ1) is 14.1. The van der Waals surface area contributed by atoms with Crippen molar-refractivity contribution < 1.29 is 9.53 Å². The average Bonchev–Trinajstić information content (AvgIpc) is 2.52. The van der Waals surface area contributed by atoms with E-state index in [1.54, 1.807) is 6.07 Å². The fourth-order valence-corrected chi connectivity index (χ4v) is 1.97. The molecule has 0 aliphatic carbocycles. The third-order valence-electron chi connectivity index (χ3n) is 2.95. The Morgan fingerprint density at radius 2 is 1.85 bits per heavy atom. The molecule has 0 radical (unpaired) electrons. The minimum atomic E-state index is -0.329. The maximum atomic E-state index is 11.6. The molecule has 0 amide bonds. The molecular weight excluding hydrogens is 252 g/mol. The number of esters is 1. The number of carbonyl (C=O) groups excluding carboxylic acids is 1. The van der Waals surface area contributed by atoms with Crippen molar-refractivity contribution in [1.82, 2.24) is 0 Å². The van der Waals surface area contributed by atoms with Crippen molar-refractivity contribution in [2.45, 2.75) is 0 Å². The summed E-state index contributed by atoms with van der Waals surface area (Å²) in [4.78, 5) is 11.6. The monoisotopic (exact) mass is 270 g/mol. The van der Waals surface area contributed by atoms with Crippen LogP contribution in [0.5, 0.6) is 0 Å². The van der Waals surface area contributed by atoms with Crippen LogP contribution in [0.1, 0.15) is 10.4 Å². The molecule has 2 aromatic carbocycles. The summed E-state index contributed by atoms with van der Waals surface area (Å²) in [7, 11) is 1.38. The van der Waals surface area contributed by atoms with Crippen LogP contribution in [0, 0.1) is 0 Å². The smallest absolute Gasteiger partial charge is 0.337 e. The lowest BCUT2D eigenvalue weighted by Crippen LogP contribution is -2.12. The largest absolute Gasteiger partial charge is 0.465 e. The first-order valence-corrected chi connectivity index (χ1v) is 6.47. The lowest BCUT2D eigenvalue weighted by molar-refractivity contribution is 0.0601. The summed E-state index contributed by atoms with van der Waals surface area (Å²) < 4.78 is 4.74. The van der Waals surface area contributed by atoms with Crippen molar-refractivity contribution in [3.05, 3.63) is 54.1 Å². The van der Waals surface area contributed by atoms with Crippen LogP contribution in [-0.4, -0.2) is 26.2 Å². The fraction of sp³-hybridized carbons (Fsp3) is 0.188. The molecule has 0 fully saturated rings. The van der Waals surface area contributed by atoms with Crippen LogP contribution < -0.4 is 11.1 Å². The number of nitrogens with one attached hydrogen (secondary N) is 1. The van der Waals surface area contributed by atoms with E-state index in [9.17, 15) is 4.79 Å². The Morgan fingerprint density at radius 3 is 2.55 bits per heavy atom.